The van der Waals surface area contributed by atoms with E-state index >= 15 is 0 Å². The van der Waals surface area contributed by atoms with Crippen molar-refractivity contribution >= 4 is 52.9 Å². The number of nitrogens with one attached hydrogen (secondary N) is 2. The zero-order valence-corrected chi connectivity index (χ0v) is 16.2. The highest BCUT2D eigenvalue weighted by molar-refractivity contribution is 14.2. The summed E-state index contributed by atoms with van der Waals surface area (Å²) < 4.78 is 12.3. The lowest BCUT2D eigenvalue weighted by molar-refractivity contribution is 0.00578. The van der Waals surface area contributed by atoms with E-state index in [2.05, 4.69) is 54.8 Å². The Bertz CT molecular complexity index is 550. The Morgan fingerprint density at radius 2 is 1.81 bits per heavy atom. The van der Waals surface area contributed by atoms with Gasteiger partial charge < -0.3 is 19.8 Å². The molecule has 1 aliphatic heterocycles. The Balaban J connectivity index is 2.41. The molecule has 1 atom stereocenters. The van der Waals surface area contributed by atoms with E-state index in [9.17, 15) is 0 Å². The molecule has 0 saturated carbocycles. The SMILES string of the molecule is Cc1cc(C=N)c(NPI)cc1B1OC(C)(C)C(C)(C)O1. The van der Waals surface area contributed by atoms with Gasteiger partial charge in [-0.3, -0.25) is 0 Å². The highest BCUT2D eigenvalue weighted by Crippen LogP contribution is 2.37. The molecule has 1 fully saturated rings. The van der Waals surface area contributed by atoms with Crippen molar-refractivity contribution in [3.63, 3.8) is 0 Å². The first-order chi connectivity index (χ1) is 9.71. The van der Waals surface area contributed by atoms with Gasteiger partial charge in [-0.2, -0.15) is 0 Å². The highest BCUT2D eigenvalue weighted by Gasteiger charge is 2.52. The molecule has 114 valence electrons. The van der Waals surface area contributed by atoms with Gasteiger partial charge in [-0.15, -0.1) is 0 Å². The molecule has 1 heterocycles. The number of rotatable bonds is 4. The summed E-state index contributed by atoms with van der Waals surface area (Å²) in [6.45, 7) is 10.3. The molecular weight excluding hydrogens is 397 g/mol. The molecule has 0 spiro atoms. The fourth-order valence-corrected chi connectivity index (χ4v) is 3.44. The topological polar surface area (TPSA) is 54.3 Å². The van der Waals surface area contributed by atoms with Crippen LogP contribution in [0.1, 0.15) is 38.8 Å². The smallest absolute Gasteiger partial charge is 0.399 e. The van der Waals surface area contributed by atoms with E-state index in [1.54, 1.807) is 0 Å². The first-order valence-electron chi connectivity index (χ1n) is 6.84. The molecule has 2 rings (SSSR count). The molecule has 0 radical (unpaired) electrons. The minimum absolute atomic E-state index is 0.344. The van der Waals surface area contributed by atoms with Crippen LogP contribution in [-0.2, 0) is 9.31 Å². The van der Waals surface area contributed by atoms with Gasteiger partial charge in [0.2, 0.25) is 0 Å². The molecule has 1 aromatic carbocycles. The summed E-state index contributed by atoms with van der Waals surface area (Å²) in [5, 5.41) is 10.9. The van der Waals surface area contributed by atoms with E-state index in [0.29, 0.717) is 6.37 Å². The molecule has 7 heteroatoms. The Morgan fingerprint density at radius 3 is 2.29 bits per heavy atom. The predicted octanol–water partition coefficient (Wildman–Crippen LogP) is 3.65. The molecule has 0 amide bonds. The zero-order chi connectivity index (χ0) is 15.8. The summed E-state index contributed by atoms with van der Waals surface area (Å²) in [4.78, 5) is 0. The first-order valence-corrected chi connectivity index (χ1v) is 11.0. The molecular formula is C14H21BIN2O2P. The summed E-state index contributed by atoms with van der Waals surface area (Å²) in [5.74, 6) is 0. The van der Waals surface area contributed by atoms with Gasteiger partial charge in [0.1, 0.15) is 0 Å². The van der Waals surface area contributed by atoms with E-state index < -0.39 is 0 Å². The standard InChI is InChI=1S/C14H21BIN2O2P/c1-9-6-10(8-17)12(18-21-16)7-11(9)15-19-13(2,3)14(4,5)20-15/h6-8,17-18,21H,1-5H3. The Hall–Kier alpha value is -0.165. The minimum atomic E-state index is -0.368. The second kappa shape index (κ2) is 6.15. The summed E-state index contributed by atoms with van der Waals surface area (Å²) in [6, 6.07) is 4.05. The second-order valence-corrected chi connectivity index (χ2v) is 8.31. The van der Waals surface area contributed by atoms with Crippen LogP contribution in [0.3, 0.4) is 0 Å². The van der Waals surface area contributed by atoms with E-state index in [1.807, 2.05) is 19.1 Å². The van der Waals surface area contributed by atoms with E-state index in [4.69, 9.17) is 14.7 Å². The van der Waals surface area contributed by atoms with Crippen molar-refractivity contribution in [3.8, 4) is 0 Å². The second-order valence-electron chi connectivity index (χ2n) is 6.25. The van der Waals surface area contributed by atoms with Crippen LogP contribution in [0, 0.1) is 12.3 Å². The summed E-state index contributed by atoms with van der Waals surface area (Å²) in [5.41, 5.74) is 3.25. The number of aryl methyl sites for hydroxylation is 1. The number of anilines is 1. The van der Waals surface area contributed by atoms with Gasteiger partial charge >= 0.3 is 7.12 Å². The maximum Gasteiger partial charge on any atom is 0.495 e. The molecule has 1 saturated heterocycles. The molecule has 0 aliphatic carbocycles. The van der Waals surface area contributed by atoms with E-state index in [-0.39, 0.29) is 18.3 Å². The van der Waals surface area contributed by atoms with Crippen molar-refractivity contribution in [2.24, 2.45) is 0 Å². The summed E-state index contributed by atoms with van der Waals surface area (Å²) >= 11 is 2.28. The normalized spacial score (nSPS) is 20.2. The van der Waals surface area contributed by atoms with Gasteiger partial charge in [0.15, 0.2) is 0 Å². The Kier molecular flexibility index (Phi) is 5.03. The van der Waals surface area contributed by atoms with Crippen LogP contribution in [0.25, 0.3) is 0 Å². The molecule has 2 N–H and O–H groups in total. The lowest BCUT2D eigenvalue weighted by Crippen LogP contribution is -2.41. The lowest BCUT2D eigenvalue weighted by Gasteiger charge is -2.32. The van der Waals surface area contributed by atoms with Crippen molar-refractivity contribution in [3.05, 3.63) is 23.3 Å². The minimum Gasteiger partial charge on any atom is -0.399 e. The number of hydrogen-bond acceptors (Lipinski definition) is 4. The monoisotopic (exact) mass is 418 g/mol. The fraction of sp³-hybridized carbons (Fsp3) is 0.500. The third-order valence-electron chi connectivity index (χ3n) is 4.28. The molecule has 0 aromatic heterocycles. The predicted molar refractivity (Wildman–Crippen MR) is 101 cm³/mol. The zero-order valence-electron chi connectivity index (χ0n) is 13.0. The maximum absolute atomic E-state index is 7.54. The first kappa shape index (κ1) is 17.2. The molecule has 1 aliphatic rings. The molecule has 1 unspecified atom stereocenters. The van der Waals surface area contributed by atoms with Crippen LogP contribution in [-0.4, -0.2) is 24.5 Å². The van der Waals surface area contributed by atoms with E-state index in [0.717, 1.165) is 22.3 Å². The third-order valence-corrected chi connectivity index (χ3v) is 5.46. The molecule has 4 nitrogen and oxygen atoms in total. The molecule has 1 aromatic rings. The van der Waals surface area contributed by atoms with Gasteiger partial charge in [0.25, 0.3) is 0 Å². The Morgan fingerprint density at radius 1 is 1.24 bits per heavy atom. The van der Waals surface area contributed by atoms with Gasteiger partial charge in [-0.1, -0.05) is 5.56 Å². The third kappa shape index (κ3) is 3.28. The van der Waals surface area contributed by atoms with Gasteiger partial charge in [0.05, 0.1) is 11.2 Å². The van der Waals surface area contributed by atoms with Crippen LogP contribution >= 0.6 is 28.4 Å². The number of benzene rings is 1. The molecule has 0 bridgehead atoms. The van der Waals surface area contributed by atoms with Gasteiger partial charge in [-0.25, -0.2) is 0 Å². The van der Waals surface area contributed by atoms with Crippen molar-refractivity contribution in [1.29, 1.82) is 5.41 Å². The van der Waals surface area contributed by atoms with E-state index in [1.165, 1.54) is 6.21 Å². The van der Waals surface area contributed by atoms with Gasteiger partial charge in [-0.05, 0) is 74.3 Å². The summed E-state index contributed by atoms with van der Waals surface area (Å²) in [7, 11) is -0.368. The lowest BCUT2D eigenvalue weighted by atomic mass is 9.75. The van der Waals surface area contributed by atoms with Crippen LogP contribution in [0.2, 0.25) is 0 Å². The van der Waals surface area contributed by atoms with Gasteiger partial charge in [0, 0.05) is 23.8 Å². The van der Waals surface area contributed by atoms with Crippen molar-refractivity contribution in [1.82, 2.24) is 0 Å². The maximum atomic E-state index is 7.54. The van der Waals surface area contributed by atoms with Crippen LogP contribution in [0.15, 0.2) is 12.1 Å². The quantitative estimate of drug-likeness (QED) is 0.340. The van der Waals surface area contributed by atoms with Crippen LogP contribution < -0.4 is 10.6 Å². The van der Waals surface area contributed by atoms with Crippen LogP contribution in [0.5, 0.6) is 0 Å². The largest absolute Gasteiger partial charge is 0.495 e. The number of hydrogen-bond donors (Lipinski definition) is 2. The van der Waals surface area contributed by atoms with Crippen molar-refractivity contribution in [2.75, 3.05) is 5.09 Å². The highest BCUT2D eigenvalue weighted by atomic mass is 127. The molecule has 21 heavy (non-hydrogen) atoms. The Labute approximate surface area is 141 Å². The van der Waals surface area contributed by atoms with Crippen molar-refractivity contribution < 1.29 is 9.31 Å². The summed E-state index contributed by atoms with van der Waals surface area (Å²) in [6.07, 6.45) is 1.93. The average Bonchev–Trinajstić information content (AvgIpc) is 2.60. The average molecular weight is 418 g/mol. The fourth-order valence-electron chi connectivity index (χ4n) is 2.25. The number of halogens is 1. The van der Waals surface area contributed by atoms with Crippen molar-refractivity contribution in [2.45, 2.75) is 45.8 Å². The van der Waals surface area contributed by atoms with Crippen LogP contribution in [0.4, 0.5) is 5.69 Å².